The smallest absolute Gasteiger partial charge is 0.263 e. The summed E-state index contributed by atoms with van der Waals surface area (Å²) in [7, 11) is 0. The maximum atomic E-state index is 12.4. The molecular weight excluding hydrogens is 230 g/mol. The van der Waals surface area contributed by atoms with Crippen LogP contribution in [0.1, 0.15) is 32.3 Å². The lowest BCUT2D eigenvalue weighted by molar-refractivity contribution is -0.139. The topological polar surface area (TPSA) is 60.8 Å². The maximum absolute atomic E-state index is 12.4. The molecule has 1 aromatic carbocycles. The van der Waals surface area contributed by atoms with Crippen LogP contribution in [0.5, 0.6) is 0 Å². The van der Waals surface area contributed by atoms with Crippen molar-refractivity contribution in [2.24, 2.45) is 0 Å². The summed E-state index contributed by atoms with van der Waals surface area (Å²) in [5, 5.41) is 20.1. The molecule has 2 rings (SSSR count). The molecule has 0 saturated heterocycles. The molecule has 18 heavy (non-hydrogen) atoms. The van der Waals surface area contributed by atoms with Crippen LogP contribution in [0.2, 0.25) is 0 Å². The molecule has 1 amide bonds. The summed E-state index contributed by atoms with van der Waals surface area (Å²) in [5.41, 5.74) is -0.225. The number of carbonyl (C=O) groups excluding carboxylic acids is 1. The Balaban J connectivity index is 2.47. The van der Waals surface area contributed by atoms with Gasteiger partial charge in [-0.3, -0.25) is 4.79 Å². The van der Waals surface area contributed by atoms with Crippen molar-refractivity contribution < 1.29 is 15.0 Å². The zero-order valence-electron chi connectivity index (χ0n) is 10.8. The quantitative estimate of drug-likeness (QED) is 0.848. The minimum absolute atomic E-state index is 0.0308. The Morgan fingerprint density at radius 3 is 2.67 bits per heavy atom. The molecular formula is C14H19NO3. The fourth-order valence-corrected chi connectivity index (χ4v) is 2.58. The van der Waals surface area contributed by atoms with Gasteiger partial charge in [0.25, 0.3) is 5.91 Å². The molecule has 1 aliphatic heterocycles. The van der Waals surface area contributed by atoms with Gasteiger partial charge in [0.15, 0.2) is 5.60 Å². The third kappa shape index (κ3) is 1.91. The lowest BCUT2D eigenvalue weighted by Crippen LogP contribution is -2.42. The van der Waals surface area contributed by atoms with E-state index in [0.29, 0.717) is 12.1 Å². The number of rotatable bonds is 4. The highest BCUT2D eigenvalue weighted by atomic mass is 16.3. The number of aliphatic hydroxyl groups is 2. The first-order valence-corrected chi connectivity index (χ1v) is 6.32. The summed E-state index contributed by atoms with van der Waals surface area (Å²) in [5.74, 6) is -0.327. The van der Waals surface area contributed by atoms with Crippen LogP contribution in [-0.2, 0) is 10.4 Å². The van der Waals surface area contributed by atoms with Gasteiger partial charge in [-0.05, 0) is 19.4 Å². The number of aliphatic hydroxyl groups excluding tert-OH is 1. The van der Waals surface area contributed by atoms with Crippen molar-refractivity contribution in [3.8, 4) is 0 Å². The van der Waals surface area contributed by atoms with Gasteiger partial charge in [-0.1, -0.05) is 25.1 Å². The van der Waals surface area contributed by atoms with Gasteiger partial charge in [-0.2, -0.15) is 0 Å². The molecule has 98 valence electrons. The van der Waals surface area contributed by atoms with E-state index in [0.717, 1.165) is 12.1 Å². The summed E-state index contributed by atoms with van der Waals surface area (Å²) in [4.78, 5) is 14.0. The summed E-state index contributed by atoms with van der Waals surface area (Å²) < 4.78 is 0. The zero-order chi connectivity index (χ0) is 13.3. The van der Waals surface area contributed by atoms with Crippen LogP contribution in [0.3, 0.4) is 0 Å². The normalized spacial score (nSPS) is 24.2. The predicted octanol–water partition coefficient (Wildman–Crippen LogP) is 1.40. The molecule has 1 heterocycles. The van der Waals surface area contributed by atoms with Crippen molar-refractivity contribution in [2.75, 3.05) is 11.4 Å². The molecule has 0 aromatic heterocycles. The Kier molecular flexibility index (Phi) is 3.41. The van der Waals surface area contributed by atoms with E-state index in [1.54, 1.807) is 24.0 Å². The zero-order valence-corrected chi connectivity index (χ0v) is 10.8. The van der Waals surface area contributed by atoms with Crippen molar-refractivity contribution in [3.63, 3.8) is 0 Å². The van der Waals surface area contributed by atoms with Crippen LogP contribution >= 0.6 is 0 Å². The van der Waals surface area contributed by atoms with Gasteiger partial charge in [-0.15, -0.1) is 0 Å². The Labute approximate surface area is 107 Å². The van der Waals surface area contributed by atoms with Crippen LogP contribution in [0.15, 0.2) is 24.3 Å². The standard InChI is InChI=1S/C14H19NO3/c1-3-8-15-12-7-5-4-6-11(12)14(18,13(15)17)9-10(2)16/h4-7,10,16,18H,3,8-9H2,1-2H3/t10-,14+/m1/s1. The van der Waals surface area contributed by atoms with E-state index < -0.39 is 11.7 Å². The number of fused-ring (bicyclic) bond motifs is 1. The van der Waals surface area contributed by atoms with Crippen molar-refractivity contribution in [2.45, 2.75) is 38.4 Å². The Morgan fingerprint density at radius 1 is 1.39 bits per heavy atom. The minimum atomic E-state index is -1.58. The minimum Gasteiger partial charge on any atom is -0.393 e. The average Bonchev–Trinajstić information content (AvgIpc) is 2.52. The summed E-state index contributed by atoms with van der Waals surface area (Å²) in [6, 6.07) is 7.24. The first kappa shape index (κ1) is 13.1. The number of hydrogen-bond acceptors (Lipinski definition) is 3. The number of anilines is 1. The fraction of sp³-hybridized carbons (Fsp3) is 0.500. The summed E-state index contributed by atoms with van der Waals surface area (Å²) in [6.07, 6.45) is 0.127. The van der Waals surface area contributed by atoms with Crippen molar-refractivity contribution in [1.29, 1.82) is 0 Å². The first-order valence-electron chi connectivity index (χ1n) is 6.32. The average molecular weight is 249 g/mol. The largest absolute Gasteiger partial charge is 0.393 e. The number of amides is 1. The monoisotopic (exact) mass is 249 g/mol. The third-order valence-corrected chi connectivity index (χ3v) is 3.28. The summed E-state index contributed by atoms with van der Waals surface area (Å²) >= 11 is 0. The van der Waals surface area contributed by atoms with Gasteiger partial charge >= 0.3 is 0 Å². The van der Waals surface area contributed by atoms with Crippen molar-refractivity contribution in [1.82, 2.24) is 0 Å². The maximum Gasteiger partial charge on any atom is 0.263 e. The molecule has 4 nitrogen and oxygen atoms in total. The highest BCUT2D eigenvalue weighted by Crippen LogP contribution is 2.42. The van der Waals surface area contributed by atoms with Crippen LogP contribution in [0.4, 0.5) is 5.69 Å². The molecule has 2 N–H and O–H groups in total. The van der Waals surface area contributed by atoms with E-state index in [1.807, 2.05) is 19.1 Å². The molecule has 0 aliphatic carbocycles. The van der Waals surface area contributed by atoms with Gasteiger partial charge in [0, 0.05) is 18.5 Å². The summed E-state index contributed by atoms with van der Waals surface area (Å²) in [6.45, 7) is 4.15. The molecule has 0 fully saturated rings. The number of carbonyl (C=O) groups is 1. The van der Waals surface area contributed by atoms with E-state index in [2.05, 4.69) is 0 Å². The van der Waals surface area contributed by atoms with Gasteiger partial charge in [0.05, 0.1) is 11.8 Å². The molecule has 1 aromatic rings. The third-order valence-electron chi connectivity index (χ3n) is 3.28. The van der Waals surface area contributed by atoms with Crippen molar-refractivity contribution >= 4 is 11.6 Å². The van der Waals surface area contributed by atoms with E-state index in [9.17, 15) is 15.0 Å². The first-order chi connectivity index (χ1) is 8.50. The number of nitrogens with zero attached hydrogens (tertiary/aromatic N) is 1. The molecule has 0 radical (unpaired) electrons. The van der Waals surface area contributed by atoms with Gasteiger partial charge in [0.2, 0.25) is 0 Å². The Bertz CT molecular complexity index is 458. The lowest BCUT2D eigenvalue weighted by Gasteiger charge is -2.24. The van der Waals surface area contributed by atoms with Crippen LogP contribution in [0, 0.1) is 0 Å². The van der Waals surface area contributed by atoms with Crippen LogP contribution in [-0.4, -0.2) is 28.8 Å². The Hall–Kier alpha value is -1.39. The number of benzene rings is 1. The van der Waals surface area contributed by atoms with Crippen LogP contribution in [0.25, 0.3) is 0 Å². The van der Waals surface area contributed by atoms with E-state index in [4.69, 9.17) is 0 Å². The van der Waals surface area contributed by atoms with E-state index in [-0.39, 0.29) is 12.3 Å². The SMILES string of the molecule is CCCN1C(=O)[C@](O)(C[C@@H](C)O)c2ccccc21. The second kappa shape index (κ2) is 4.71. The second-order valence-electron chi connectivity index (χ2n) is 4.89. The van der Waals surface area contributed by atoms with Crippen molar-refractivity contribution in [3.05, 3.63) is 29.8 Å². The fourth-order valence-electron chi connectivity index (χ4n) is 2.58. The molecule has 1 aliphatic rings. The molecule has 0 bridgehead atoms. The van der Waals surface area contributed by atoms with Crippen LogP contribution < -0.4 is 4.90 Å². The molecule has 0 spiro atoms. The second-order valence-corrected chi connectivity index (χ2v) is 4.89. The predicted molar refractivity (Wildman–Crippen MR) is 69.3 cm³/mol. The highest BCUT2D eigenvalue weighted by Gasteiger charge is 2.49. The molecule has 4 heteroatoms. The van der Waals surface area contributed by atoms with E-state index >= 15 is 0 Å². The van der Waals surface area contributed by atoms with E-state index in [1.165, 1.54) is 0 Å². The molecule has 2 atom stereocenters. The Morgan fingerprint density at radius 2 is 2.06 bits per heavy atom. The number of hydrogen-bond donors (Lipinski definition) is 2. The van der Waals surface area contributed by atoms with Gasteiger partial charge in [0.1, 0.15) is 0 Å². The highest BCUT2D eigenvalue weighted by molar-refractivity contribution is 6.06. The van der Waals surface area contributed by atoms with Gasteiger partial charge in [-0.25, -0.2) is 0 Å². The molecule has 0 saturated carbocycles. The molecule has 0 unspecified atom stereocenters. The lowest BCUT2D eigenvalue weighted by atomic mass is 9.90. The van der Waals surface area contributed by atoms with Gasteiger partial charge < -0.3 is 15.1 Å². The number of para-hydroxylation sites is 1.